The maximum atomic E-state index is 13.6. The smallest absolute Gasteiger partial charge is 0.150 e. The lowest BCUT2D eigenvalue weighted by Gasteiger charge is -2.10. The van der Waals surface area contributed by atoms with Gasteiger partial charge >= 0.3 is 0 Å². The number of halogens is 4. The minimum absolute atomic E-state index is 0.0171. The lowest BCUT2D eigenvalue weighted by atomic mass is 10.2. The fraction of sp³-hybridized carbons (Fsp3) is 0.308. The number of nitrogens with zero attached hydrogens (tertiary/aromatic N) is 2. The number of aryl methyl sites for hydroxylation is 2. The second-order valence-electron chi connectivity index (χ2n) is 4.28. The molecule has 0 fully saturated rings. The third-order valence-corrected chi connectivity index (χ3v) is 3.68. The molecule has 2 aromatic rings. The molecule has 7 heteroatoms. The lowest BCUT2D eigenvalue weighted by molar-refractivity contribution is 0.585. The Balaban J connectivity index is 2.24. The molecule has 0 aliphatic heterocycles. The molecule has 2 rings (SSSR count). The molecule has 0 saturated heterocycles. The summed E-state index contributed by atoms with van der Waals surface area (Å²) in [4.78, 5) is 0. The number of hydrogen-bond donors (Lipinski definition) is 1. The molecule has 0 spiro atoms. The van der Waals surface area contributed by atoms with Crippen molar-refractivity contribution in [2.24, 2.45) is 7.05 Å². The van der Waals surface area contributed by atoms with Gasteiger partial charge in [-0.15, -0.1) is 0 Å². The second-order valence-corrected chi connectivity index (χ2v) is 5.07. The zero-order valence-corrected chi connectivity index (χ0v) is 12.5. The Bertz CT molecular complexity index is 618. The monoisotopic (exact) mass is 319 g/mol. The highest BCUT2D eigenvalue weighted by Gasteiger charge is 2.15. The molecule has 1 heterocycles. The first-order valence-corrected chi connectivity index (χ1v) is 6.78. The van der Waals surface area contributed by atoms with Gasteiger partial charge in [0.1, 0.15) is 5.82 Å². The predicted octanol–water partition coefficient (Wildman–Crippen LogP) is 4.18. The number of hydrogen-bond acceptors (Lipinski definition) is 2. The van der Waals surface area contributed by atoms with Crippen LogP contribution < -0.4 is 5.32 Å². The number of rotatable bonds is 4. The summed E-state index contributed by atoms with van der Waals surface area (Å²) in [7, 11) is 1.75. The fourth-order valence-corrected chi connectivity index (χ4v) is 2.52. The second kappa shape index (κ2) is 5.97. The van der Waals surface area contributed by atoms with E-state index in [0.717, 1.165) is 17.8 Å². The quantitative estimate of drug-likeness (QED) is 0.916. The molecule has 0 saturated carbocycles. The van der Waals surface area contributed by atoms with Crippen molar-refractivity contribution in [3.8, 4) is 0 Å². The van der Waals surface area contributed by atoms with E-state index in [-0.39, 0.29) is 17.3 Å². The molecule has 1 aromatic heterocycles. The minimum atomic E-state index is -0.746. The van der Waals surface area contributed by atoms with E-state index in [2.05, 4.69) is 10.4 Å². The van der Waals surface area contributed by atoms with Gasteiger partial charge in [-0.05, 0) is 12.5 Å². The number of benzene rings is 1. The van der Waals surface area contributed by atoms with Gasteiger partial charge in [0.15, 0.2) is 5.82 Å². The van der Waals surface area contributed by atoms with E-state index in [4.69, 9.17) is 23.2 Å². The average Bonchev–Trinajstić information content (AvgIpc) is 2.64. The summed E-state index contributed by atoms with van der Waals surface area (Å²) in [5.41, 5.74) is 1.53. The lowest BCUT2D eigenvalue weighted by Crippen LogP contribution is -2.07. The fourth-order valence-electron chi connectivity index (χ4n) is 1.90. The van der Waals surface area contributed by atoms with Gasteiger partial charge in [-0.3, -0.25) is 4.68 Å². The van der Waals surface area contributed by atoms with Gasteiger partial charge in [-0.25, -0.2) is 8.78 Å². The molecule has 0 atom stereocenters. The topological polar surface area (TPSA) is 29.9 Å². The van der Waals surface area contributed by atoms with Crippen molar-refractivity contribution in [1.82, 2.24) is 9.78 Å². The van der Waals surface area contributed by atoms with E-state index in [1.54, 1.807) is 11.7 Å². The van der Waals surface area contributed by atoms with Crippen molar-refractivity contribution in [2.75, 3.05) is 5.32 Å². The van der Waals surface area contributed by atoms with Gasteiger partial charge in [0.25, 0.3) is 0 Å². The van der Waals surface area contributed by atoms with E-state index >= 15 is 0 Å². The van der Waals surface area contributed by atoms with E-state index in [1.165, 1.54) is 0 Å². The largest absolute Gasteiger partial charge is 0.376 e. The van der Waals surface area contributed by atoms with Gasteiger partial charge in [0.2, 0.25) is 0 Å². The standard InChI is InChI=1S/C13H13Cl2F2N3/c1-3-10-12(15)11(20(2)19-10)6-18-13-8(14)4-7(16)5-9(13)17/h4-5,18H,3,6H2,1-2H3. The Kier molecular flexibility index (Phi) is 4.50. The summed E-state index contributed by atoms with van der Waals surface area (Å²) < 4.78 is 28.2. The van der Waals surface area contributed by atoms with Crippen LogP contribution in [0.5, 0.6) is 0 Å². The van der Waals surface area contributed by atoms with Crippen LogP contribution in [0.3, 0.4) is 0 Å². The van der Waals surface area contributed by atoms with Crippen molar-refractivity contribution >= 4 is 28.9 Å². The molecular formula is C13H13Cl2F2N3. The zero-order chi connectivity index (χ0) is 14.9. The maximum Gasteiger partial charge on any atom is 0.150 e. The summed E-state index contributed by atoms with van der Waals surface area (Å²) in [6.07, 6.45) is 0.707. The summed E-state index contributed by atoms with van der Waals surface area (Å²) in [6, 6.07) is 1.83. The van der Waals surface area contributed by atoms with Crippen LogP contribution in [0.1, 0.15) is 18.3 Å². The summed E-state index contributed by atoms with van der Waals surface area (Å²) in [5, 5.41) is 7.61. The van der Waals surface area contributed by atoms with Gasteiger partial charge < -0.3 is 5.32 Å². The third-order valence-electron chi connectivity index (χ3n) is 2.94. The van der Waals surface area contributed by atoms with Crippen LogP contribution in [0.25, 0.3) is 0 Å². The first-order valence-electron chi connectivity index (χ1n) is 6.02. The molecule has 1 N–H and O–H groups in total. The van der Waals surface area contributed by atoms with Gasteiger partial charge in [0, 0.05) is 13.1 Å². The molecule has 0 radical (unpaired) electrons. The van der Waals surface area contributed by atoms with Crippen LogP contribution in [0.2, 0.25) is 10.0 Å². The van der Waals surface area contributed by atoms with Crippen LogP contribution in [0, 0.1) is 11.6 Å². The SMILES string of the molecule is CCc1nn(C)c(CNc2c(F)cc(F)cc2Cl)c1Cl. The molecule has 0 bridgehead atoms. The average molecular weight is 320 g/mol. The van der Waals surface area contributed by atoms with Crippen LogP contribution in [0.4, 0.5) is 14.5 Å². The molecule has 0 aliphatic carbocycles. The molecule has 3 nitrogen and oxygen atoms in total. The van der Waals surface area contributed by atoms with E-state index in [0.29, 0.717) is 17.1 Å². The summed E-state index contributed by atoms with van der Waals surface area (Å²) in [5.74, 6) is -1.46. The van der Waals surface area contributed by atoms with Crippen LogP contribution in [0.15, 0.2) is 12.1 Å². The summed E-state index contributed by atoms with van der Waals surface area (Å²) >= 11 is 12.0. The van der Waals surface area contributed by atoms with Gasteiger partial charge in [-0.2, -0.15) is 5.10 Å². The summed E-state index contributed by atoms with van der Waals surface area (Å²) in [6.45, 7) is 2.19. The Morgan fingerprint density at radius 2 is 2.00 bits per heavy atom. The van der Waals surface area contributed by atoms with Crippen molar-refractivity contribution < 1.29 is 8.78 Å². The predicted molar refractivity (Wildman–Crippen MR) is 76.3 cm³/mol. The first kappa shape index (κ1) is 15.1. The highest BCUT2D eigenvalue weighted by molar-refractivity contribution is 6.33. The highest BCUT2D eigenvalue weighted by Crippen LogP contribution is 2.28. The Labute approximate surface area is 125 Å². The molecule has 0 aliphatic rings. The van der Waals surface area contributed by atoms with Crippen LogP contribution in [-0.4, -0.2) is 9.78 Å². The Morgan fingerprint density at radius 1 is 1.30 bits per heavy atom. The Hall–Kier alpha value is -1.33. The molecule has 108 valence electrons. The highest BCUT2D eigenvalue weighted by atomic mass is 35.5. The maximum absolute atomic E-state index is 13.6. The van der Waals surface area contributed by atoms with Crippen molar-refractivity contribution in [1.29, 1.82) is 0 Å². The number of aromatic nitrogens is 2. The van der Waals surface area contributed by atoms with Crippen molar-refractivity contribution in [3.05, 3.63) is 45.2 Å². The molecule has 1 aromatic carbocycles. The molecule has 0 unspecified atom stereocenters. The zero-order valence-electron chi connectivity index (χ0n) is 11.0. The number of nitrogens with one attached hydrogen (secondary N) is 1. The Morgan fingerprint density at radius 3 is 2.55 bits per heavy atom. The molecule has 20 heavy (non-hydrogen) atoms. The van der Waals surface area contributed by atoms with Crippen molar-refractivity contribution in [2.45, 2.75) is 19.9 Å². The van der Waals surface area contributed by atoms with Gasteiger partial charge in [0.05, 0.1) is 33.7 Å². The van der Waals surface area contributed by atoms with E-state index in [9.17, 15) is 8.78 Å². The molecule has 0 amide bonds. The minimum Gasteiger partial charge on any atom is -0.376 e. The van der Waals surface area contributed by atoms with E-state index < -0.39 is 11.6 Å². The van der Waals surface area contributed by atoms with Crippen LogP contribution in [-0.2, 0) is 20.0 Å². The normalized spacial score (nSPS) is 10.9. The first-order chi connectivity index (χ1) is 9.43. The van der Waals surface area contributed by atoms with Crippen molar-refractivity contribution in [3.63, 3.8) is 0 Å². The third kappa shape index (κ3) is 2.88. The molecular weight excluding hydrogens is 307 g/mol. The van der Waals surface area contributed by atoms with Crippen LogP contribution >= 0.6 is 23.2 Å². The van der Waals surface area contributed by atoms with Gasteiger partial charge in [-0.1, -0.05) is 30.1 Å². The number of anilines is 1. The van der Waals surface area contributed by atoms with E-state index in [1.807, 2.05) is 6.92 Å².